The monoisotopic (exact) mass is 323 g/mol. The number of ether oxygens (including phenoxy) is 1. The molecule has 2 atom stereocenters. The molecule has 0 radical (unpaired) electrons. The Balaban J connectivity index is 1.76. The third-order valence-corrected chi connectivity index (χ3v) is 5.26. The zero-order valence-corrected chi connectivity index (χ0v) is 13.9. The van der Waals surface area contributed by atoms with Gasteiger partial charge in [-0.25, -0.2) is 9.59 Å². The summed E-state index contributed by atoms with van der Waals surface area (Å²) in [5.74, 6) is -0.0578. The van der Waals surface area contributed by atoms with Gasteiger partial charge in [-0.3, -0.25) is 9.69 Å². The molecular weight excluding hydrogens is 298 g/mol. The van der Waals surface area contributed by atoms with Gasteiger partial charge in [0.05, 0.1) is 12.6 Å². The first-order valence-corrected chi connectivity index (χ1v) is 8.62. The molecule has 7 heteroatoms. The molecule has 7 nitrogen and oxygen atoms in total. The number of amides is 4. The summed E-state index contributed by atoms with van der Waals surface area (Å²) in [6, 6.07) is -0.393. The summed E-state index contributed by atoms with van der Waals surface area (Å²) in [6.45, 7) is 5.71. The minimum Gasteiger partial charge on any atom is -0.450 e. The Morgan fingerprint density at radius 3 is 2.78 bits per heavy atom. The van der Waals surface area contributed by atoms with Crippen molar-refractivity contribution in [2.24, 2.45) is 0 Å². The van der Waals surface area contributed by atoms with Crippen LogP contribution in [0.4, 0.5) is 9.59 Å². The van der Waals surface area contributed by atoms with E-state index >= 15 is 0 Å². The fourth-order valence-corrected chi connectivity index (χ4v) is 4.26. The molecule has 0 spiro atoms. The predicted octanol–water partition coefficient (Wildman–Crippen LogP) is 1.81. The molecule has 0 aromatic rings. The summed E-state index contributed by atoms with van der Waals surface area (Å²) in [5, 5.41) is 0. The molecule has 3 aliphatic rings. The molecule has 0 aromatic carbocycles. The van der Waals surface area contributed by atoms with E-state index in [1.807, 2.05) is 6.92 Å². The Labute approximate surface area is 136 Å². The first-order valence-electron chi connectivity index (χ1n) is 8.62. The van der Waals surface area contributed by atoms with Crippen LogP contribution in [-0.4, -0.2) is 70.6 Å². The maximum atomic E-state index is 13.0. The van der Waals surface area contributed by atoms with Gasteiger partial charge in [-0.2, -0.15) is 0 Å². The van der Waals surface area contributed by atoms with E-state index in [1.165, 1.54) is 4.90 Å². The van der Waals surface area contributed by atoms with E-state index in [9.17, 15) is 14.4 Å². The van der Waals surface area contributed by atoms with E-state index in [1.54, 1.807) is 16.7 Å². The number of hydrogen-bond acceptors (Lipinski definition) is 4. The van der Waals surface area contributed by atoms with Gasteiger partial charge in [0.1, 0.15) is 5.54 Å². The molecule has 4 amide bonds. The second-order valence-electron chi connectivity index (χ2n) is 6.58. The first-order chi connectivity index (χ1) is 11.0. The van der Waals surface area contributed by atoms with Gasteiger partial charge >= 0.3 is 12.1 Å². The molecular formula is C16H25N3O4. The van der Waals surface area contributed by atoms with Crippen LogP contribution in [0.5, 0.6) is 0 Å². The van der Waals surface area contributed by atoms with Gasteiger partial charge in [0.15, 0.2) is 0 Å². The molecule has 3 aliphatic heterocycles. The molecule has 3 heterocycles. The predicted molar refractivity (Wildman–Crippen MR) is 82.8 cm³/mol. The molecule has 0 aliphatic carbocycles. The molecule has 3 saturated heterocycles. The largest absolute Gasteiger partial charge is 0.450 e. The molecule has 3 rings (SSSR count). The smallest absolute Gasteiger partial charge is 0.409 e. The Bertz CT molecular complexity index is 523. The van der Waals surface area contributed by atoms with E-state index in [0.717, 1.165) is 25.7 Å². The van der Waals surface area contributed by atoms with Crippen molar-refractivity contribution in [2.45, 2.75) is 57.5 Å². The van der Waals surface area contributed by atoms with Crippen LogP contribution in [-0.2, 0) is 9.53 Å². The van der Waals surface area contributed by atoms with E-state index in [2.05, 4.69) is 0 Å². The summed E-state index contributed by atoms with van der Waals surface area (Å²) < 4.78 is 5.01. The average molecular weight is 323 g/mol. The van der Waals surface area contributed by atoms with Gasteiger partial charge in [-0.1, -0.05) is 13.3 Å². The van der Waals surface area contributed by atoms with E-state index in [-0.39, 0.29) is 24.1 Å². The summed E-state index contributed by atoms with van der Waals surface area (Å²) >= 11 is 0. The summed E-state index contributed by atoms with van der Waals surface area (Å²) in [6.07, 6.45) is 3.52. The number of carbonyl (C=O) groups is 3. The van der Waals surface area contributed by atoms with Crippen molar-refractivity contribution in [3.05, 3.63) is 0 Å². The maximum Gasteiger partial charge on any atom is 0.409 e. The van der Waals surface area contributed by atoms with Gasteiger partial charge in [-0.15, -0.1) is 0 Å². The second-order valence-corrected chi connectivity index (χ2v) is 6.58. The SMILES string of the molecule is CCC[C@@]12CCCN1C(=O)N([C@@H]1CCN(C(=O)OCC)C1)C2=O. The fraction of sp³-hybridized carbons (Fsp3) is 0.812. The molecule has 23 heavy (non-hydrogen) atoms. The quantitative estimate of drug-likeness (QED) is 0.740. The van der Waals surface area contributed by atoms with Gasteiger partial charge in [0.2, 0.25) is 0 Å². The standard InChI is InChI=1S/C16H25N3O4/c1-3-7-16-8-5-9-18(16)14(21)19(13(16)20)12-6-10-17(11-12)15(22)23-4-2/h12H,3-11H2,1-2H3/t12-,16+/m1/s1. The van der Waals surface area contributed by atoms with Crippen molar-refractivity contribution in [1.82, 2.24) is 14.7 Å². The van der Waals surface area contributed by atoms with Crippen molar-refractivity contribution < 1.29 is 19.1 Å². The van der Waals surface area contributed by atoms with E-state index in [0.29, 0.717) is 32.7 Å². The molecule has 128 valence electrons. The Kier molecular flexibility index (Phi) is 4.21. The highest BCUT2D eigenvalue weighted by molar-refractivity contribution is 6.07. The lowest BCUT2D eigenvalue weighted by Gasteiger charge is -2.27. The lowest BCUT2D eigenvalue weighted by molar-refractivity contribution is -0.134. The highest BCUT2D eigenvalue weighted by atomic mass is 16.6. The van der Waals surface area contributed by atoms with Crippen LogP contribution in [0.2, 0.25) is 0 Å². The first kappa shape index (κ1) is 16.1. The minimum atomic E-state index is -0.622. The summed E-state index contributed by atoms with van der Waals surface area (Å²) in [7, 11) is 0. The van der Waals surface area contributed by atoms with Crippen molar-refractivity contribution in [3.63, 3.8) is 0 Å². The molecule has 3 fully saturated rings. The zero-order chi connectivity index (χ0) is 16.6. The number of urea groups is 1. The van der Waals surface area contributed by atoms with Crippen molar-refractivity contribution in [2.75, 3.05) is 26.2 Å². The van der Waals surface area contributed by atoms with Gasteiger partial charge < -0.3 is 14.5 Å². The number of fused-ring (bicyclic) bond motifs is 1. The van der Waals surface area contributed by atoms with Gasteiger partial charge in [0.25, 0.3) is 5.91 Å². The Hall–Kier alpha value is -1.79. The van der Waals surface area contributed by atoms with E-state index in [4.69, 9.17) is 4.74 Å². The lowest BCUT2D eigenvalue weighted by Crippen LogP contribution is -2.47. The topological polar surface area (TPSA) is 70.2 Å². The zero-order valence-electron chi connectivity index (χ0n) is 13.9. The number of carbonyl (C=O) groups excluding carboxylic acids is 3. The number of nitrogens with zero attached hydrogens (tertiary/aromatic N) is 3. The second kappa shape index (κ2) is 6.02. The Morgan fingerprint density at radius 1 is 1.30 bits per heavy atom. The highest BCUT2D eigenvalue weighted by Gasteiger charge is 2.60. The fourth-order valence-electron chi connectivity index (χ4n) is 4.26. The van der Waals surface area contributed by atoms with Crippen molar-refractivity contribution >= 4 is 18.0 Å². The number of rotatable bonds is 4. The summed E-state index contributed by atoms with van der Waals surface area (Å²) in [5.41, 5.74) is -0.622. The van der Waals surface area contributed by atoms with E-state index < -0.39 is 5.54 Å². The van der Waals surface area contributed by atoms with Gasteiger partial charge in [-0.05, 0) is 32.6 Å². The van der Waals surface area contributed by atoms with Crippen molar-refractivity contribution in [1.29, 1.82) is 0 Å². The number of imide groups is 1. The molecule has 0 bridgehead atoms. The van der Waals surface area contributed by atoms with Crippen LogP contribution in [0.15, 0.2) is 0 Å². The van der Waals surface area contributed by atoms with Gasteiger partial charge in [0, 0.05) is 19.6 Å². The van der Waals surface area contributed by atoms with Crippen LogP contribution in [0.25, 0.3) is 0 Å². The third-order valence-electron chi connectivity index (χ3n) is 5.26. The minimum absolute atomic E-state index is 0.0578. The number of hydrogen-bond donors (Lipinski definition) is 0. The maximum absolute atomic E-state index is 13.0. The van der Waals surface area contributed by atoms with Crippen molar-refractivity contribution in [3.8, 4) is 0 Å². The van der Waals surface area contributed by atoms with Crippen LogP contribution in [0.1, 0.15) is 46.0 Å². The lowest BCUT2D eigenvalue weighted by atomic mass is 9.90. The molecule has 0 saturated carbocycles. The van der Waals surface area contributed by atoms with Crippen LogP contribution in [0.3, 0.4) is 0 Å². The number of likely N-dealkylation sites (tertiary alicyclic amines) is 1. The average Bonchev–Trinajstić information content (AvgIpc) is 3.19. The summed E-state index contributed by atoms with van der Waals surface area (Å²) in [4.78, 5) is 42.4. The van der Waals surface area contributed by atoms with Crippen LogP contribution in [0, 0.1) is 0 Å². The van der Waals surface area contributed by atoms with Crippen LogP contribution >= 0.6 is 0 Å². The Morgan fingerprint density at radius 2 is 2.09 bits per heavy atom. The van der Waals surface area contributed by atoms with Crippen LogP contribution < -0.4 is 0 Å². The third kappa shape index (κ3) is 2.37. The molecule has 0 unspecified atom stereocenters. The normalized spacial score (nSPS) is 30.3. The molecule has 0 N–H and O–H groups in total. The highest BCUT2D eigenvalue weighted by Crippen LogP contribution is 2.42. The molecule has 0 aromatic heterocycles.